The summed E-state index contributed by atoms with van der Waals surface area (Å²) in [5, 5.41) is 10.5. The molecule has 0 saturated heterocycles. The fourth-order valence-corrected chi connectivity index (χ4v) is 3.16. The normalized spacial score (nSPS) is 11.9. The Morgan fingerprint density at radius 2 is 2.32 bits per heavy atom. The Morgan fingerprint density at radius 1 is 1.53 bits per heavy atom. The van der Waals surface area contributed by atoms with Gasteiger partial charge in [-0.25, -0.2) is 13.1 Å². The van der Waals surface area contributed by atoms with Crippen molar-refractivity contribution in [1.29, 1.82) is 0 Å². The van der Waals surface area contributed by atoms with Gasteiger partial charge in [0.2, 0.25) is 10.0 Å². The molecule has 0 spiro atoms. The number of hydrogen-bond donors (Lipinski definition) is 3. The van der Waals surface area contributed by atoms with Crippen LogP contribution in [0.3, 0.4) is 0 Å². The lowest BCUT2D eigenvalue weighted by atomic mass is 10.4. The molecule has 0 aliphatic rings. The molecule has 0 unspecified atom stereocenters. The van der Waals surface area contributed by atoms with Gasteiger partial charge < -0.3 is 5.73 Å². The summed E-state index contributed by atoms with van der Waals surface area (Å²) in [7, 11) is -3.61. The van der Waals surface area contributed by atoms with Crippen molar-refractivity contribution in [3.05, 3.63) is 29.8 Å². The van der Waals surface area contributed by atoms with Crippen molar-refractivity contribution in [3.8, 4) is 0 Å². The van der Waals surface area contributed by atoms with E-state index in [1.54, 1.807) is 30.1 Å². The second-order valence-electron chi connectivity index (χ2n) is 4.00. The van der Waals surface area contributed by atoms with Crippen LogP contribution in [-0.2, 0) is 23.1 Å². The zero-order chi connectivity index (χ0) is 13.9. The first-order valence-electron chi connectivity index (χ1n) is 5.75. The number of hydrogen-bond acceptors (Lipinski definition) is 5. The summed E-state index contributed by atoms with van der Waals surface area (Å²) in [6, 6.07) is 1.78. The van der Waals surface area contributed by atoms with Crippen molar-refractivity contribution in [3.63, 3.8) is 0 Å². The third kappa shape index (κ3) is 3.00. The summed E-state index contributed by atoms with van der Waals surface area (Å²) >= 11 is 0. The lowest BCUT2D eigenvalue weighted by Crippen LogP contribution is -2.28. The molecule has 0 aliphatic heterocycles. The van der Waals surface area contributed by atoms with Gasteiger partial charge in [-0.2, -0.15) is 10.2 Å². The summed E-state index contributed by atoms with van der Waals surface area (Å²) in [5.74, 6) is 0. The summed E-state index contributed by atoms with van der Waals surface area (Å²) in [6.07, 6.45) is 3.41. The minimum atomic E-state index is -3.61. The Labute approximate surface area is 111 Å². The zero-order valence-corrected chi connectivity index (χ0v) is 11.3. The van der Waals surface area contributed by atoms with Gasteiger partial charge in [0.25, 0.3) is 0 Å². The van der Waals surface area contributed by atoms with E-state index in [1.165, 1.54) is 0 Å². The van der Waals surface area contributed by atoms with E-state index in [1.807, 2.05) is 0 Å². The van der Waals surface area contributed by atoms with Crippen LogP contribution in [0.2, 0.25) is 0 Å². The molecule has 0 radical (unpaired) electrons. The number of H-pyrrole nitrogens is 1. The molecule has 2 aromatic rings. The molecule has 104 valence electrons. The van der Waals surface area contributed by atoms with Crippen molar-refractivity contribution in [2.75, 3.05) is 6.54 Å². The van der Waals surface area contributed by atoms with E-state index < -0.39 is 10.0 Å². The monoisotopic (exact) mass is 284 g/mol. The molecule has 2 rings (SSSR count). The predicted octanol–water partition coefficient (Wildman–Crippen LogP) is -0.648. The number of aromatic nitrogens is 4. The molecule has 0 bridgehead atoms. The topological polar surface area (TPSA) is 119 Å². The zero-order valence-electron chi connectivity index (χ0n) is 10.5. The molecule has 0 atom stereocenters. The molecule has 0 amide bonds. The van der Waals surface area contributed by atoms with E-state index in [2.05, 4.69) is 20.0 Å². The van der Waals surface area contributed by atoms with Gasteiger partial charge in [0.15, 0.2) is 0 Å². The Balaban J connectivity index is 2.07. The SMILES string of the molecule is Cc1[nH]nc(CN)c1S(=O)(=O)NCCn1cccn1. The Hall–Kier alpha value is -1.71. The van der Waals surface area contributed by atoms with Crippen LogP contribution in [-0.4, -0.2) is 34.9 Å². The number of nitrogens with two attached hydrogens (primary N) is 1. The summed E-state index contributed by atoms with van der Waals surface area (Å²) in [5.41, 5.74) is 6.29. The molecule has 19 heavy (non-hydrogen) atoms. The molecule has 0 fully saturated rings. The van der Waals surface area contributed by atoms with Crippen LogP contribution in [0.1, 0.15) is 11.4 Å². The summed E-state index contributed by atoms with van der Waals surface area (Å²) in [4.78, 5) is 0.135. The van der Waals surface area contributed by atoms with E-state index in [4.69, 9.17) is 5.73 Å². The molecule has 8 nitrogen and oxygen atoms in total. The van der Waals surface area contributed by atoms with E-state index in [0.717, 1.165) is 0 Å². The predicted molar refractivity (Wildman–Crippen MR) is 68.6 cm³/mol. The second kappa shape index (κ2) is 5.51. The van der Waals surface area contributed by atoms with Crippen LogP contribution in [0.15, 0.2) is 23.4 Å². The van der Waals surface area contributed by atoms with Gasteiger partial charge in [0.1, 0.15) is 4.90 Å². The fraction of sp³-hybridized carbons (Fsp3) is 0.400. The first-order valence-corrected chi connectivity index (χ1v) is 7.24. The van der Waals surface area contributed by atoms with E-state index in [9.17, 15) is 8.42 Å². The lowest BCUT2D eigenvalue weighted by molar-refractivity contribution is 0.559. The molecule has 0 aromatic carbocycles. The maximum Gasteiger partial charge on any atom is 0.244 e. The van der Waals surface area contributed by atoms with Gasteiger partial charge in [-0.15, -0.1) is 0 Å². The molecular formula is C10H16N6O2S. The highest BCUT2D eigenvalue weighted by Crippen LogP contribution is 2.16. The molecule has 0 saturated carbocycles. The van der Waals surface area contributed by atoms with Crippen molar-refractivity contribution in [1.82, 2.24) is 24.7 Å². The average Bonchev–Trinajstić information content (AvgIpc) is 2.98. The van der Waals surface area contributed by atoms with Gasteiger partial charge in [-0.05, 0) is 13.0 Å². The average molecular weight is 284 g/mol. The third-order valence-corrected chi connectivity index (χ3v) is 4.28. The quantitative estimate of drug-likeness (QED) is 0.651. The number of nitrogens with one attached hydrogen (secondary N) is 2. The Morgan fingerprint density at radius 3 is 2.95 bits per heavy atom. The van der Waals surface area contributed by atoms with Crippen molar-refractivity contribution in [2.24, 2.45) is 5.73 Å². The van der Waals surface area contributed by atoms with Crippen LogP contribution >= 0.6 is 0 Å². The van der Waals surface area contributed by atoms with Gasteiger partial charge in [0, 0.05) is 25.5 Å². The minimum absolute atomic E-state index is 0.0692. The maximum atomic E-state index is 12.2. The Bertz CT molecular complexity index is 631. The van der Waals surface area contributed by atoms with Crippen molar-refractivity contribution in [2.45, 2.75) is 24.9 Å². The highest BCUT2D eigenvalue weighted by Gasteiger charge is 2.22. The number of sulfonamides is 1. The van der Waals surface area contributed by atoms with E-state index >= 15 is 0 Å². The van der Waals surface area contributed by atoms with Gasteiger partial charge in [0.05, 0.1) is 17.9 Å². The van der Waals surface area contributed by atoms with Gasteiger partial charge >= 0.3 is 0 Å². The van der Waals surface area contributed by atoms with Crippen LogP contribution in [0.5, 0.6) is 0 Å². The fourth-order valence-electron chi connectivity index (χ4n) is 1.76. The van der Waals surface area contributed by atoms with Crippen LogP contribution in [0, 0.1) is 6.92 Å². The summed E-state index contributed by atoms with van der Waals surface area (Å²) in [6.45, 7) is 2.42. The lowest BCUT2D eigenvalue weighted by Gasteiger charge is -2.07. The third-order valence-electron chi connectivity index (χ3n) is 2.62. The number of aromatic amines is 1. The van der Waals surface area contributed by atoms with Gasteiger partial charge in [-0.1, -0.05) is 0 Å². The molecule has 0 aliphatic carbocycles. The highest BCUT2D eigenvalue weighted by molar-refractivity contribution is 7.89. The standard InChI is InChI=1S/C10H16N6O2S/c1-8-10(9(7-11)15-14-8)19(17,18)13-4-6-16-5-2-3-12-16/h2-3,5,13H,4,6-7,11H2,1H3,(H,14,15). The highest BCUT2D eigenvalue weighted by atomic mass is 32.2. The molecule has 2 aromatic heterocycles. The van der Waals surface area contributed by atoms with Crippen LogP contribution < -0.4 is 10.5 Å². The number of aryl methyl sites for hydroxylation is 1. The second-order valence-corrected chi connectivity index (χ2v) is 5.70. The van der Waals surface area contributed by atoms with Crippen molar-refractivity contribution < 1.29 is 8.42 Å². The van der Waals surface area contributed by atoms with E-state index in [-0.39, 0.29) is 18.0 Å². The largest absolute Gasteiger partial charge is 0.325 e. The minimum Gasteiger partial charge on any atom is -0.325 e. The molecule has 9 heteroatoms. The number of nitrogens with zero attached hydrogens (tertiary/aromatic N) is 3. The Kier molecular flexibility index (Phi) is 3.98. The van der Waals surface area contributed by atoms with Crippen molar-refractivity contribution >= 4 is 10.0 Å². The molecule has 2 heterocycles. The molecule has 4 N–H and O–H groups in total. The van der Waals surface area contributed by atoms with Crippen LogP contribution in [0.25, 0.3) is 0 Å². The first kappa shape index (κ1) is 13.7. The first-order chi connectivity index (χ1) is 9.04. The maximum absolute atomic E-state index is 12.2. The van der Waals surface area contributed by atoms with E-state index in [0.29, 0.717) is 17.9 Å². The van der Waals surface area contributed by atoms with Gasteiger partial charge in [-0.3, -0.25) is 9.78 Å². The number of rotatable bonds is 6. The van der Waals surface area contributed by atoms with Crippen LogP contribution in [0.4, 0.5) is 0 Å². The summed E-state index contributed by atoms with van der Waals surface area (Å²) < 4.78 is 28.5. The molecular weight excluding hydrogens is 268 g/mol. The smallest absolute Gasteiger partial charge is 0.244 e.